The standard InChI is InChI=1S/C12H13N3O2/c16-11-9-15(7-6-14-11)12(17)4-3-10-2-1-5-13-8-10/h1-5,8H,6-7,9H2,(H,14,16)/b4-3+. The highest BCUT2D eigenvalue weighted by atomic mass is 16.2. The zero-order valence-electron chi connectivity index (χ0n) is 9.30. The molecule has 0 saturated carbocycles. The number of nitrogens with one attached hydrogen (secondary N) is 1. The van der Waals surface area contributed by atoms with E-state index in [9.17, 15) is 9.59 Å². The van der Waals surface area contributed by atoms with Crippen molar-refractivity contribution < 1.29 is 9.59 Å². The first kappa shape index (κ1) is 11.3. The van der Waals surface area contributed by atoms with Gasteiger partial charge in [0.15, 0.2) is 0 Å². The first-order valence-corrected chi connectivity index (χ1v) is 5.39. The van der Waals surface area contributed by atoms with Gasteiger partial charge in [0.2, 0.25) is 11.8 Å². The number of aromatic nitrogens is 1. The predicted molar refractivity (Wildman–Crippen MR) is 62.9 cm³/mol. The molecular weight excluding hydrogens is 218 g/mol. The van der Waals surface area contributed by atoms with Crippen molar-refractivity contribution in [3.05, 3.63) is 36.2 Å². The zero-order chi connectivity index (χ0) is 12.1. The largest absolute Gasteiger partial charge is 0.353 e. The molecule has 1 aliphatic heterocycles. The van der Waals surface area contributed by atoms with Gasteiger partial charge in [-0.05, 0) is 17.7 Å². The normalized spacial score (nSPS) is 16.0. The van der Waals surface area contributed by atoms with Gasteiger partial charge in [-0.1, -0.05) is 6.07 Å². The number of piperazine rings is 1. The number of carbonyl (C=O) groups excluding carboxylic acids is 2. The summed E-state index contributed by atoms with van der Waals surface area (Å²) in [5.41, 5.74) is 0.863. The molecule has 0 atom stereocenters. The molecule has 5 heteroatoms. The van der Waals surface area contributed by atoms with Crippen molar-refractivity contribution >= 4 is 17.9 Å². The van der Waals surface area contributed by atoms with Gasteiger partial charge in [0, 0.05) is 31.6 Å². The second kappa shape index (κ2) is 5.25. The first-order chi connectivity index (χ1) is 8.25. The highest BCUT2D eigenvalue weighted by Gasteiger charge is 2.18. The Hall–Kier alpha value is -2.17. The summed E-state index contributed by atoms with van der Waals surface area (Å²) < 4.78 is 0. The fourth-order valence-corrected chi connectivity index (χ4v) is 1.57. The summed E-state index contributed by atoms with van der Waals surface area (Å²) in [6.07, 6.45) is 6.51. The fourth-order valence-electron chi connectivity index (χ4n) is 1.57. The Labute approximate surface area is 99.1 Å². The number of pyridine rings is 1. The highest BCUT2D eigenvalue weighted by molar-refractivity contribution is 5.94. The minimum atomic E-state index is -0.149. The topological polar surface area (TPSA) is 62.3 Å². The van der Waals surface area contributed by atoms with Crippen molar-refractivity contribution in [2.75, 3.05) is 19.6 Å². The Morgan fingerprint density at radius 1 is 1.53 bits per heavy atom. The SMILES string of the molecule is O=C1CN(C(=O)/C=C/c2cccnc2)CCN1. The molecule has 1 aromatic rings. The Morgan fingerprint density at radius 3 is 3.12 bits per heavy atom. The summed E-state index contributed by atoms with van der Waals surface area (Å²) in [7, 11) is 0. The van der Waals surface area contributed by atoms with Gasteiger partial charge in [-0.2, -0.15) is 0 Å². The van der Waals surface area contributed by atoms with Crippen LogP contribution in [-0.2, 0) is 9.59 Å². The van der Waals surface area contributed by atoms with Gasteiger partial charge in [0.1, 0.15) is 0 Å². The summed E-state index contributed by atoms with van der Waals surface area (Å²) in [6, 6.07) is 3.66. The van der Waals surface area contributed by atoms with Crippen LogP contribution < -0.4 is 5.32 Å². The number of amides is 2. The van der Waals surface area contributed by atoms with Crippen molar-refractivity contribution in [3.63, 3.8) is 0 Å². The van der Waals surface area contributed by atoms with E-state index < -0.39 is 0 Å². The quantitative estimate of drug-likeness (QED) is 0.732. The molecule has 2 rings (SSSR count). The molecular formula is C12H13N3O2. The van der Waals surface area contributed by atoms with Crippen LogP contribution in [0.25, 0.3) is 6.08 Å². The summed E-state index contributed by atoms with van der Waals surface area (Å²) in [6.45, 7) is 1.21. The Kier molecular flexibility index (Phi) is 3.49. The zero-order valence-corrected chi connectivity index (χ0v) is 9.30. The summed E-state index contributed by atoms with van der Waals surface area (Å²) >= 11 is 0. The van der Waals surface area contributed by atoms with Gasteiger partial charge in [-0.25, -0.2) is 0 Å². The molecule has 1 aromatic heterocycles. The van der Waals surface area contributed by atoms with E-state index in [4.69, 9.17) is 0 Å². The smallest absolute Gasteiger partial charge is 0.247 e. The van der Waals surface area contributed by atoms with E-state index in [0.29, 0.717) is 13.1 Å². The molecule has 0 unspecified atom stereocenters. The van der Waals surface area contributed by atoms with Gasteiger partial charge in [0.25, 0.3) is 0 Å². The van der Waals surface area contributed by atoms with Crippen LogP contribution in [0.4, 0.5) is 0 Å². The van der Waals surface area contributed by atoms with Crippen molar-refractivity contribution in [2.45, 2.75) is 0 Å². The molecule has 1 fully saturated rings. The van der Waals surface area contributed by atoms with Gasteiger partial charge >= 0.3 is 0 Å². The van der Waals surface area contributed by atoms with E-state index in [2.05, 4.69) is 10.3 Å². The molecule has 0 radical (unpaired) electrons. The Bertz CT molecular complexity index is 442. The molecule has 0 aromatic carbocycles. The van der Waals surface area contributed by atoms with Crippen molar-refractivity contribution in [3.8, 4) is 0 Å². The predicted octanol–water partition coefficient (Wildman–Crippen LogP) is 0.0532. The minimum Gasteiger partial charge on any atom is -0.353 e. The number of hydrogen-bond acceptors (Lipinski definition) is 3. The third kappa shape index (κ3) is 3.14. The molecule has 0 bridgehead atoms. The molecule has 0 aliphatic carbocycles. The van der Waals surface area contributed by atoms with Crippen molar-refractivity contribution in [2.24, 2.45) is 0 Å². The lowest BCUT2D eigenvalue weighted by Crippen LogP contribution is -2.49. The molecule has 88 valence electrons. The second-order valence-corrected chi connectivity index (χ2v) is 3.73. The molecule has 0 spiro atoms. The van der Waals surface area contributed by atoms with Crippen LogP contribution in [0, 0.1) is 0 Å². The Morgan fingerprint density at radius 2 is 2.41 bits per heavy atom. The first-order valence-electron chi connectivity index (χ1n) is 5.39. The molecule has 2 heterocycles. The number of rotatable bonds is 2. The number of carbonyl (C=O) groups is 2. The van der Waals surface area contributed by atoms with Crippen LogP contribution in [-0.4, -0.2) is 41.3 Å². The fraction of sp³-hybridized carbons (Fsp3) is 0.250. The van der Waals surface area contributed by atoms with Crippen LogP contribution in [0.2, 0.25) is 0 Å². The monoisotopic (exact) mass is 231 g/mol. The van der Waals surface area contributed by atoms with Gasteiger partial charge < -0.3 is 10.2 Å². The van der Waals surface area contributed by atoms with Gasteiger partial charge in [-0.15, -0.1) is 0 Å². The Balaban J connectivity index is 1.97. The van der Waals surface area contributed by atoms with E-state index in [-0.39, 0.29) is 18.4 Å². The van der Waals surface area contributed by atoms with Crippen molar-refractivity contribution in [1.29, 1.82) is 0 Å². The molecule has 1 aliphatic rings. The third-order valence-electron chi connectivity index (χ3n) is 2.45. The summed E-state index contributed by atoms with van der Waals surface area (Å²) in [5.74, 6) is -0.261. The van der Waals surface area contributed by atoms with E-state index in [1.807, 2.05) is 6.07 Å². The molecule has 1 saturated heterocycles. The number of hydrogen-bond donors (Lipinski definition) is 1. The van der Waals surface area contributed by atoms with E-state index in [1.54, 1.807) is 24.5 Å². The molecule has 2 amide bonds. The maximum atomic E-state index is 11.8. The van der Waals surface area contributed by atoms with Gasteiger partial charge in [0.05, 0.1) is 6.54 Å². The third-order valence-corrected chi connectivity index (χ3v) is 2.45. The van der Waals surface area contributed by atoms with Crippen LogP contribution >= 0.6 is 0 Å². The lowest BCUT2D eigenvalue weighted by molar-refractivity contribution is -0.134. The number of nitrogens with zero attached hydrogens (tertiary/aromatic N) is 2. The lowest BCUT2D eigenvalue weighted by Gasteiger charge is -2.25. The summed E-state index contributed by atoms with van der Waals surface area (Å²) in [4.78, 5) is 28.3. The lowest BCUT2D eigenvalue weighted by atomic mass is 10.2. The maximum absolute atomic E-state index is 11.8. The molecule has 17 heavy (non-hydrogen) atoms. The second-order valence-electron chi connectivity index (χ2n) is 3.73. The van der Waals surface area contributed by atoms with E-state index in [0.717, 1.165) is 5.56 Å². The van der Waals surface area contributed by atoms with Crippen LogP contribution in [0.1, 0.15) is 5.56 Å². The van der Waals surface area contributed by atoms with Crippen LogP contribution in [0.5, 0.6) is 0 Å². The minimum absolute atomic E-state index is 0.112. The van der Waals surface area contributed by atoms with E-state index >= 15 is 0 Å². The molecule has 5 nitrogen and oxygen atoms in total. The summed E-state index contributed by atoms with van der Waals surface area (Å²) in [5, 5.41) is 2.67. The average Bonchev–Trinajstić information content (AvgIpc) is 2.37. The van der Waals surface area contributed by atoms with Crippen molar-refractivity contribution in [1.82, 2.24) is 15.2 Å². The molecule has 1 N–H and O–H groups in total. The van der Waals surface area contributed by atoms with Crippen LogP contribution in [0.15, 0.2) is 30.6 Å². The maximum Gasteiger partial charge on any atom is 0.247 e. The van der Waals surface area contributed by atoms with E-state index in [1.165, 1.54) is 11.0 Å². The average molecular weight is 231 g/mol. The van der Waals surface area contributed by atoms with Crippen LogP contribution in [0.3, 0.4) is 0 Å². The van der Waals surface area contributed by atoms with Gasteiger partial charge in [-0.3, -0.25) is 14.6 Å². The highest BCUT2D eigenvalue weighted by Crippen LogP contribution is 2.01.